The van der Waals surface area contributed by atoms with E-state index in [0.717, 1.165) is 0 Å². The van der Waals surface area contributed by atoms with Gasteiger partial charge in [0.2, 0.25) is 0 Å². The van der Waals surface area contributed by atoms with Crippen molar-refractivity contribution in [2.45, 2.75) is 6.42 Å². The summed E-state index contributed by atoms with van der Waals surface area (Å²) in [6.07, 6.45) is -0.0731. The van der Waals surface area contributed by atoms with Gasteiger partial charge in [-0.2, -0.15) is 5.26 Å². The molecular weight excluding hydrogens is 220 g/mol. The second-order valence-corrected chi connectivity index (χ2v) is 3.58. The Morgan fingerprint density at radius 3 is 2.24 bits per heavy atom. The van der Waals surface area contributed by atoms with E-state index in [-0.39, 0.29) is 12.0 Å². The molecule has 0 aliphatic carbocycles. The summed E-state index contributed by atoms with van der Waals surface area (Å²) in [5.74, 6) is -0.899. The van der Waals surface area contributed by atoms with E-state index in [0.29, 0.717) is 11.1 Å². The lowest BCUT2D eigenvalue weighted by Gasteiger charge is -2.08. The molecule has 1 nitrogen and oxygen atoms in total. The van der Waals surface area contributed by atoms with Gasteiger partial charge in [-0.15, -0.1) is 0 Å². The Bertz CT molecular complexity index is 585. The minimum Gasteiger partial charge on any atom is -0.207 e. The Morgan fingerprint density at radius 2 is 1.53 bits per heavy atom. The highest BCUT2D eigenvalue weighted by atomic mass is 19.1. The maximum Gasteiger partial charge on any atom is 0.131 e. The van der Waals surface area contributed by atoms with Crippen molar-refractivity contribution in [3.05, 3.63) is 59.7 Å². The molecule has 0 fully saturated rings. The van der Waals surface area contributed by atoms with Crippen molar-refractivity contribution in [1.82, 2.24) is 0 Å². The van der Waals surface area contributed by atoms with Crippen LogP contribution in [0.25, 0.3) is 11.1 Å². The number of nitriles is 1. The van der Waals surface area contributed by atoms with Crippen molar-refractivity contribution in [3.63, 3.8) is 0 Å². The van der Waals surface area contributed by atoms with Gasteiger partial charge >= 0.3 is 0 Å². The van der Waals surface area contributed by atoms with Gasteiger partial charge in [-0.3, -0.25) is 0 Å². The first-order chi connectivity index (χ1) is 8.24. The Balaban J connectivity index is 2.64. The van der Waals surface area contributed by atoms with Crippen molar-refractivity contribution in [2.24, 2.45) is 0 Å². The van der Waals surface area contributed by atoms with Crippen molar-refractivity contribution >= 4 is 0 Å². The van der Waals surface area contributed by atoms with E-state index in [1.54, 1.807) is 24.3 Å². The molecule has 0 heterocycles. The molecule has 0 N–H and O–H groups in total. The minimum absolute atomic E-state index is 0.0731. The van der Waals surface area contributed by atoms with Gasteiger partial charge in [0.05, 0.1) is 12.5 Å². The van der Waals surface area contributed by atoms with E-state index in [1.807, 2.05) is 6.07 Å². The molecule has 0 atom stereocenters. The van der Waals surface area contributed by atoms with Crippen LogP contribution in [-0.4, -0.2) is 0 Å². The molecule has 0 spiro atoms. The number of benzene rings is 2. The van der Waals surface area contributed by atoms with Gasteiger partial charge in [0, 0.05) is 11.1 Å². The SMILES string of the molecule is N#CCc1c(F)cccc1-c1ccccc1F. The monoisotopic (exact) mass is 229 g/mol. The summed E-state index contributed by atoms with van der Waals surface area (Å²) < 4.78 is 27.2. The molecule has 0 radical (unpaired) electrons. The highest BCUT2D eigenvalue weighted by Crippen LogP contribution is 2.28. The first kappa shape index (κ1) is 11.3. The average molecular weight is 229 g/mol. The quantitative estimate of drug-likeness (QED) is 0.770. The normalized spacial score (nSPS) is 9.94. The highest BCUT2D eigenvalue weighted by molar-refractivity contribution is 5.68. The average Bonchev–Trinajstić information content (AvgIpc) is 2.33. The van der Waals surface area contributed by atoms with E-state index in [2.05, 4.69) is 0 Å². The van der Waals surface area contributed by atoms with Gasteiger partial charge in [0.15, 0.2) is 0 Å². The van der Waals surface area contributed by atoms with Crippen LogP contribution in [-0.2, 0) is 6.42 Å². The predicted molar refractivity (Wildman–Crippen MR) is 61.1 cm³/mol. The van der Waals surface area contributed by atoms with Gasteiger partial charge in [0.1, 0.15) is 11.6 Å². The van der Waals surface area contributed by atoms with Gasteiger partial charge in [-0.05, 0) is 17.7 Å². The van der Waals surface area contributed by atoms with Gasteiger partial charge in [-0.1, -0.05) is 30.3 Å². The fourth-order valence-corrected chi connectivity index (χ4v) is 1.75. The number of nitrogens with zero attached hydrogens (tertiary/aromatic N) is 1. The zero-order valence-corrected chi connectivity index (χ0v) is 8.95. The first-order valence-corrected chi connectivity index (χ1v) is 5.13. The van der Waals surface area contributed by atoms with Crippen molar-refractivity contribution in [1.29, 1.82) is 5.26 Å². The molecule has 0 saturated carbocycles. The van der Waals surface area contributed by atoms with Crippen LogP contribution in [0.5, 0.6) is 0 Å². The maximum absolute atomic E-state index is 13.6. The van der Waals surface area contributed by atoms with Crippen molar-refractivity contribution < 1.29 is 8.78 Å². The summed E-state index contributed by atoms with van der Waals surface area (Å²) in [4.78, 5) is 0. The molecule has 3 heteroatoms. The lowest BCUT2D eigenvalue weighted by atomic mass is 9.97. The molecule has 2 aromatic rings. The van der Waals surface area contributed by atoms with Gasteiger partial charge in [-0.25, -0.2) is 8.78 Å². The lowest BCUT2D eigenvalue weighted by molar-refractivity contribution is 0.614. The largest absolute Gasteiger partial charge is 0.207 e. The Kier molecular flexibility index (Phi) is 3.15. The highest BCUT2D eigenvalue weighted by Gasteiger charge is 2.12. The zero-order valence-electron chi connectivity index (χ0n) is 8.95. The summed E-state index contributed by atoms with van der Waals surface area (Å²) in [7, 11) is 0. The third kappa shape index (κ3) is 2.16. The van der Waals surface area contributed by atoms with Crippen molar-refractivity contribution in [3.8, 4) is 17.2 Å². The molecule has 84 valence electrons. The predicted octanol–water partition coefficient (Wildman–Crippen LogP) is 3.70. The van der Waals surface area contributed by atoms with Gasteiger partial charge < -0.3 is 0 Å². The fraction of sp³-hybridized carbons (Fsp3) is 0.0714. The third-order valence-corrected chi connectivity index (χ3v) is 2.54. The van der Waals surface area contributed by atoms with E-state index in [9.17, 15) is 8.78 Å². The van der Waals surface area contributed by atoms with E-state index in [4.69, 9.17) is 5.26 Å². The summed E-state index contributed by atoms with van der Waals surface area (Å²) >= 11 is 0. The molecule has 0 amide bonds. The zero-order chi connectivity index (χ0) is 12.3. The molecular formula is C14H9F2N. The second-order valence-electron chi connectivity index (χ2n) is 3.58. The molecule has 0 unspecified atom stereocenters. The molecule has 2 rings (SSSR count). The number of hydrogen-bond acceptors (Lipinski definition) is 1. The maximum atomic E-state index is 13.6. The first-order valence-electron chi connectivity index (χ1n) is 5.13. The summed E-state index contributed by atoms with van der Waals surface area (Å²) in [5, 5.41) is 8.67. The third-order valence-electron chi connectivity index (χ3n) is 2.54. The van der Waals surface area contributed by atoms with E-state index >= 15 is 0 Å². The number of hydrogen-bond donors (Lipinski definition) is 0. The van der Waals surface area contributed by atoms with E-state index in [1.165, 1.54) is 18.2 Å². The van der Waals surface area contributed by atoms with Crippen molar-refractivity contribution in [2.75, 3.05) is 0 Å². The molecule has 0 saturated heterocycles. The van der Waals surface area contributed by atoms with Crippen LogP contribution in [0, 0.1) is 23.0 Å². The Hall–Kier alpha value is -2.21. The molecule has 2 aromatic carbocycles. The molecule has 17 heavy (non-hydrogen) atoms. The van der Waals surface area contributed by atoms with Crippen LogP contribution >= 0.6 is 0 Å². The number of halogens is 2. The summed E-state index contributed by atoms with van der Waals surface area (Å²) in [5.41, 5.74) is 0.988. The van der Waals surface area contributed by atoms with Crippen LogP contribution < -0.4 is 0 Å². The number of rotatable bonds is 2. The van der Waals surface area contributed by atoms with Crippen LogP contribution in [0.1, 0.15) is 5.56 Å². The van der Waals surface area contributed by atoms with Crippen LogP contribution in [0.3, 0.4) is 0 Å². The molecule has 0 bridgehead atoms. The summed E-state index contributed by atoms with van der Waals surface area (Å²) in [6, 6.07) is 12.4. The Morgan fingerprint density at radius 1 is 0.882 bits per heavy atom. The standard InChI is InChI=1S/C14H9F2N/c15-13-6-2-1-4-11(13)10-5-3-7-14(16)12(10)8-9-17/h1-7H,8H2. The van der Waals surface area contributed by atoms with Crippen LogP contribution in [0.2, 0.25) is 0 Å². The minimum atomic E-state index is -0.479. The van der Waals surface area contributed by atoms with Gasteiger partial charge in [0.25, 0.3) is 0 Å². The Labute approximate surface area is 97.9 Å². The second kappa shape index (κ2) is 4.75. The van der Waals surface area contributed by atoms with E-state index < -0.39 is 11.6 Å². The summed E-state index contributed by atoms with van der Waals surface area (Å²) in [6.45, 7) is 0. The van der Waals surface area contributed by atoms with Crippen LogP contribution in [0.4, 0.5) is 8.78 Å². The van der Waals surface area contributed by atoms with Crippen LogP contribution in [0.15, 0.2) is 42.5 Å². The molecule has 0 aliphatic rings. The smallest absolute Gasteiger partial charge is 0.131 e. The topological polar surface area (TPSA) is 23.8 Å². The fourth-order valence-electron chi connectivity index (χ4n) is 1.75. The lowest BCUT2D eigenvalue weighted by Crippen LogP contribution is -1.95. The molecule has 0 aliphatic heterocycles. The molecule has 0 aromatic heterocycles.